The van der Waals surface area contributed by atoms with E-state index < -0.39 is 6.04 Å². The first-order chi connectivity index (χ1) is 10.1. The summed E-state index contributed by atoms with van der Waals surface area (Å²) in [6.07, 6.45) is 0.936. The van der Waals surface area contributed by atoms with Crippen molar-refractivity contribution in [2.24, 2.45) is 5.92 Å². The Kier molecular flexibility index (Phi) is 4.15. The number of nitrogens with zero attached hydrogens (tertiary/aromatic N) is 2. The molecule has 0 aliphatic carbocycles. The maximum atomic E-state index is 13.1. The van der Waals surface area contributed by atoms with Crippen LogP contribution in [0.1, 0.15) is 31.9 Å². The van der Waals surface area contributed by atoms with Gasteiger partial charge in [-0.1, -0.05) is 13.8 Å². The van der Waals surface area contributed by atoms with Crippen molar-refractivity contribution in [1.29, 1.82) is 0 Å². The van der Waals surface area contributed by atoms with Crippen molar-refractivity contribution in [1.82, 2.24) is 0 Å². The van der Waals surface area contributed by atoms with Crippen molar-refractivity contribution in [3.63, 3.8) is 0 Å². The summed E-state index contributed by atoms with van der Waals surface area (Å²) in [5.41, 5.74) is 0.771. The molecular formula is C17H26N2O3+2. The van der Waals surface area contributed by atoms with Gasteiger partial charge in [0.2, 0.25) is 6.04 Å². The van der Waals surface area contributed by atoms with Crippen LogP contribution >= 0.6 is 0 Å². The van der Waals surface area contributed by atoms with Gasteiger partial charge in [-0.2, -0.15) is 9.28 Å². The largest absolute Gasteiger partial charge is 0.522 e. The molecule has 5 nitrogen and oxygen atoms in total. The Morgan fingerprint density at radius 2 is 1.68 bits per heavy atom. The minimum atomic E-state index is -0.526. The Morgan fingerprint density at radius 3 is 2.18 bits per heavy atom. The number of quaternary nitrogens is 2. The fraction of sp³-hybridized carbons (Fsp3) is 0.529. The summed E-state index contributed by atoms with van der Waals surface area (Å²) in [5.74, 6) is 0.389. The number of urea groups is 1. The van der Waals surface area contributed by atoms with Gasteiger partial charge in [0.05, 0.1) is 21.1 Å². The van der Waals surface area contributed by atoms with E-state index in [0.717, 1.165) is 12.0 Å². The Bertz CT molecular complexity index is 594. The number of carbonyl (C=O) groups is 2. The number of rotatable bonds is 4. The highest BCUT2D eigenvalue weighted by Gasteiger charge is 2.67. The number of likely N-dealkylation sites (N-methyl/N-ethyl adjacent to an activating group) is 2. The van der Waals surface area contributed by atoms with E-state index in [-0.39, 0.29) is 26.7 Å². The number of imide groups is 1. The molecule has 0 radical (unpaired) electrons. The highest BCUT2D eigenvalue weighted by Crippen LogP contribution is 2.40. The Morgan fingerprint density at radius 1 is 1.14 bits per heavy atom. The second-order valence-corrected chi connectivity index (χ2v) is 7.04. The van der Waals surface area contributed by atoms with Gasteiger partial charge in [-0.3, -0.25) is 0 Å². The fourth-order valence-corrected chi connectivity index (χ4v) is 3.41. The lowest BCUT2D eigenvalue weighted by Crippen LogP contribution is -2.55. The summed E-state index contributed by atoms with van der Waals surface area (Å²) in [6.45, 7) is 4.67. The number of carbonyl (C=O) groups excluding carboxylic acids is 2. The second-order valence-electron chi connectivity index (χ2n) is 7.04. The molecule has 3 atom stereocenters. The first-order valence-electron chi connectivity index (χ1n) is 7.72. The molecule has 0 bridgehead atoms. The molecule has 0 spiro atoms. The van der Waals surface area contributed by atoms with Crippen LogP contribution in [-0.2, 0) is 4.79 Å². The third-order valence-corrected chi connectivity index (χ3v) is 4.86. The first-order valence-corrected chi connectivity index (χ1v) is 7.72. The number of phenols is 1. The normalized spacial score (nSPS) is 28.9. The number of phenolic OH excluding ortho intramolecular Hbond substituents is 1. The number of benzene rings is 1. The molecule has 3 unspecified atom stereocenters. The van der Waals surface area contributed by atoms with E-state index in [9.17, 15) is 14.7 Å². The van der Waals surface area contributed by atoms with E-state index in [0.29, 0.717) is 12.5 Å². The van der Waals surface area contributed by atoms with Gasteiger partial charge in [0.1, 0.15) is 12.3 Å². The standard InChI is InChI=1S/C17H25N2O3/c1-6-12(2)11-19(5)16(21)15(18(3,4)17(19)22)13-7-9-14(20)10-8-13/h7-10,12,15H,6,11H2,1-5H3/q+1/p+1. The van der Waals surface area contributed by atoms with Crippen LogP contribution in [0.5, 0.6) is 5.75 Å². The van der Waals surface area contributed by atoms with Gasteiger partial charge in [0, 0.05) is 11.5 Å². The van der Waals surface area contributed by atoms with E-state index in [2.05, 4.69) is 13.8 Å². The average molecular weight is 306 g/mol. The predicted octanol–water partition coefficient (Wildman–Crippen LogP) is 2.66. The monoisotopic (exact) mass is 306 g/mol. The molecule has 120 valence electrons. The zero-order valence-electron chi connectivity index (χ0n) is 14.0. The van der Waals surface area contributed by atoms with Gasteiger partial charge in [-0.05, 0) is 30.7 Å². The summed E-state index contributed by atoms with van der Waals surface area (Å²) in [6, 6.07) is 5.97. The first kappa shape index (κ1) is 16.6. The molecule has 0 aromatic heterocycles. The van der Waals surface area contributed by atoms with E-state index >= 15 is 0 Å². The summed E-state index contributed by atoms with van der Waals surface area (Å²) >= 11 is 0. The molecule has 1 aromatic carbocycles. The zero-order valence-corrected chi connectivity index (χ0v) is 14.0. The van der Waals surface area contributed by atoms with Crippen LogP contribution in [0.3, 0.4) is 0 Å². The van der Waals surface area contributed by atoms with Crippen molar-refractivity contribution >= 4 is 11.9 Å². The molecule has 1 aliphatic rings. The molecule has 22 heavy (non-hydrogen) atoms. The lowest BCUT2D eigenvalue weighted by Gasteiger charge is -2.25. The van der Waals surface area contributed by atoms with Gasteiger partial charge in [-0.25, -0.2) is 4.79 Å². The molecule has 0 saturated carbocycles. The van der Waals surface area contributed by atoms with Crippen molar-refractivity contribution < 1.29 is 23.7 Å². The molecule has 1 N–H and O–H groups in total. The van der Waals surface area contributed by atoms with Crippen LogP contribution in [-0.4, -0.2) is 53.7 Å². The highest BCUT2D eigenvalue weighted by atomic mass is 16.3. The van der Waals surface area contributed by atoms with Crippen LogP contribution < -0.4 is 0 Å². The third-order valence-electron chi connectivity index (χ3n) is 4.86. The lowest BCUT2D eigenvalue weighted by molar-refractivity contribution is -0.881. The predicted molar refractivity (Wildman–Crippen MR) is 83.9 cm³/mol. The number of amides is 3. The van der Waals surface area contributed by atoms with Gasteiger partial charge in [-0.15, -0.1) is 4.48 Å². The van der Waals surface area contributed by atoms with Gasteiger partial charge in [0.15, 0.2) is 0 Å². The molecule has 1 aliphatic heterocycles. The van der Waals surface area contributed by atoms with E-state index in [1.165, 1.54) is 0 Å². The maximum Gasteiger partial charge on any atom is 0.522 e. The highest BCUT2D eigenvalue weighted by molar-refractivity contribution is 5.90. The molecule has 2 rings (SSSR count). The molecule has 1 aromatic rings. The Hall–Kier alpha value is -1.72. The Labute approximate surface area is 131 Å². The smallest absolute Gasteiger partial charge is 0.508 e. The van der Waals surface area contributed by atoms with E-state index in [1.54, 1.807) is 45.4 Å². The summed E-state index contributed by atoms with van der Waals surface area (Å²) in [5, 5.41) is 9.44. The molecular weight excluding hydrogens is 280 g/mol. The number of hydrogen-bond donors (Lipinski definition) is 1. The van der Waals surface area contributed by atoms with Gasteiger partial charge < -0.3 is 5.11 Å². The second kappa shape index (κ2) is 5.48. The minimum Gasteiger partial charge on any atom is -0.508 e. The van der Waals surface area contributed by atoms with Gasteiger partial charge in [0.25, 0.3) is 0 Å². The van der Waals surface area contributed by atoms with E-state index in [1.807, 2.05) is 0 Å². The lowest BCUT2D eigenvalue weighted by atomic mass is 10.0. The molecule has 1 saturated heterocycles. The zero-order chi connectivity index (χ0) is 16.7. The quantitative estimate of drug-likeness (QED) is 0.687. The van der Waals surface area contributed by atoms with Crippen molar-refractivity contribution in [3.05, 3.63) is 29.8 Å². The molecule has 1 fully saturated rings. The van der Waals surface area contributed by atoms with Crippen molar-refractivity contribution in [3.8, 4) is 5.75 Å². The third kappa shape index (κ3) is 2.44. The minimum absolute atomic E-state index is 0.0105. The van der Waals surface area contributed by atoms with Crippen molar-refractivity contribution in [2.75, 3.05) is 27.7 Å². The topological polar surface area (TPSA) is 54.4 Å². The Balaban J connectivity index is 2.46. The number of hydrogen-bond acceptors (Lipinski definition) is 3. The van der Waals surface area contributed by atoms with E-state index in [4.69, 9.17) is 0 Å². The molecule has 1 heterocycles. The van der Waals surface area contributed by atoms with Crippen LogP contribution in [0.25, 0.3) is 0 Å². The van der Waals surface area contributed by atoms with Crippen LogP contribution in [0.15, 0.2) is 24.3 Å². The van der Waals surface area contributed by atoms with Crippen LogP contribution in [0, 0.1) is 5.92 Å². The van der Waals surface area contributed by atoms with Crippen LogP contribution in [0.4, 0.5) is 4.79 Å². The summed E-state index contributed by atoms with van der Waals surface area (Å²) < 4.78 is -0.149. The SMILES string of the molecule is CCC(C)C[N+]1(C)C(=O)C(c2ccc(O)cc2)[N+](C)(C)C1=O. The van der Waals surface area contributed by atoms with Gasteiger partial charge >= 0.3 is 11.9 Å². The summed E-state index contributed by atoms with van der Waals surface area (Å²) in [4.78, 5) is 26.0. The maximum absolute atomic E-state index is 13.1. The summed E-state index contributed by atoms with van der Waals surface area (Å²) in [7, 11) is 5.31. The van der Waals surface area contributed by atoms with Crippen molar-refractivity contribution in [2.45, 2.75) is 26.3 Å². The average Bonchev–Trinajstić information content (AvgIpc) is 2.59. The molecule has 3 amide bonds. The fourth-order valence-electron chi connectivity index (χ4n) is 3.41. The number of aromatic hydroxyl groups is 1. The van der Waals surface area contributed by atoms with Crippen LogP contribution in [0.2, 0.25) is 0 Å². The molecule has 5 heteroatoms.